The van der Waals surface area contributed by atoms with Gasteiger partial charge in [0.25, 0.3) is 11.6 Å². The molecule has 0 spiro atoms. The summed E-state index contributed by atoms with van der Waals surface area (Å²) in [5, 5.41) is 13.5. The smallest absolute Gasteiger partial charge is 0.283 e. The lowest BCUT2D eigenvalue weighted by molar-refractivity contribution is -0.385. The average Bonchev–Trinajstić information content (AvgIpc) is 2.34. The third-order valence-corrected chi connectivity index (χ3v) is 2.45. The summed E-state index contributed by atoms with van der Waals surface area (Å²) >= 11 is 11.1. The van der Waals surface area contributed by atoms with Crippen molar-refractivity contribution < 1.29 is 9.72 Å². The van der Waals surface area contributed by atoms with Gasteiger partial charge in [-0.2, -0.15) is 0 Å². The Balaban J connectivity index is 2.85. The molecule has 1 rings (SSSR count). The number of alkyl halides is 1. The van der Waals surface area contributed by atoms with Crippen LogP contribution in [0.4, 0.5) is 5.69 Å². The van der Waals surface area contributed by atoms with Crippen LogP contribution < -0.4 is 5.32 Å². The molecule has 0 heterocycles. The molecule has 18 heavy (non-hydrogen) atoms. The Morgan fingerprint density at radius 3 is 2.78 bits per heavy atom. The Morgan fingerprint density at radius 2 is 2.17 bits per heavy atom. The minimum Gasteiger partial charge on any atom is -0.348 e. The van der Waals surface area contributed by atoms with Crippen LogP contribution in [0.15, 0.2) is 30.4 Å². The molecule has 1 amide bonds. The van der Waals surface area contributed by atoms with Crippen LogP contribution in [0.1, 0.15) is 10.4 Å². The molecule has 1 N–H and O–H groups in total. The van der Waals surface area contributed by atoms with E-state index in [1.165, 1.54) is 12.1 Å². The SMILES string of the molecule is O=C(NC/C=C/CCl)c1ccc(Cl)cc1[N+](=O)[O-]. The molecule has 0 aromatic heterocycles. The van der Waals surface area contributed by atoms with E-state index in [1.807, 2.05) is 0 Å². The summed E-state index contributed by atoms with van der Waals surface area (Å²) < 4.78 is 0. The monoisotopic (exact) mass is 288 g/mol. The first-order chi connectivity index (χ1) is 8.56. The molecule has 0 saturated carbocycles. The van der Waals surface area contributed by atoms with Gasteiger partial charge in [0.1, 0.15) is 5.56 Å². The summed E-state index contributed by atoms with van der Waals surface area (Å²) in [7, 11) is 0. The number of allylic oxidation sites excluding steroid dienone is 1. The molecule has 1 aromatic rings. The van der Waals surface area contributed by atoms with Crippen LogP contribution in [0.3, 0.4) is 0 Å². The van der Waals surface area contributed by atoms with Gasteiger partial charge in [-0.1, -0.05) is 23.8 Å². The van der Waals surface area contributed by atoms with Crippen molar-refractivity contribution in [2.45, 2.75) is 0 Å². The molecular weight excluding hydrogens is 279 g/mol. The molecule has 0 radical (unpaired) electrons. The number of carbonyl (C=O) groups excluding carboxylic acids is 1. The number of benzene rings is 1. The topological polar surface area (TPSA) is 72.2 Å². The summed E-state index contributed by atoms with van der Waals surface area (Å²) in [6.07, 6.45) is 3.32. The van der Waals surface area contributed by atoms with Crippen molar-refractivity contribution in [1.29, 1.82) is 0 Å². The maximum Gasteiger partial charge on any atom is 0.283 e. The van der Waals surface area contributed by atoms with Gasteiger partial charge >= 0.3 is 0 Å². The van der Waals surface area contributed by atoms with Gasteiger partial charge in [0.15, 0.2) is 0 Å². The predicted molar refractivity (Wildman–Crippen MR) is 70.3 cm³/mol. The summed E-state index contributed by atoms with van der Waals surface area (Å²) in [6.45, 7) is 0.255. The minimum absolute atomic E-state index is 0.0244. The third kappa shape index (κ3) is 4.01. The minimum atomic E-state index is -0.643. The number of amides is 1. The van der Waals surface area contributed by atoms with Gasteiger partial charge in [-0.05, 0) is 12.1 Å². The number of nitrogens with zero attached hydrogens (tertiary/aromatic N) is 1. The molecule has 0 aliphatic heterocycles. The highest BCUT2D eigenvalue weighted by Crippen LogP contribution is 2.22. The zero-order chi connectivity index (χ0) is 13.5. The first-order valence-electron chi connectivity index (χ1n) is 4.99. The second-order valence-electron chi connectivity index (χ2n) is 3.25. The van der Waals surface area contributed by atoms with Crippen molar-refractivity contribution in [2.75, 3.05) is 12.4 Å². The van der Waals surface area contributed by atoms with Gasteiger partial charge in [-0.25, -0.2) is 0 Å². The van der Waals surface area contributed by atoms with E-state index < -0.39 is 10.8 Å². The highest BCUT2D eigenvalue weighted by Gasteiger charge is 2.19. The van der Waals surface area contributed by atoms with Crippen molar-refractivity contribution in [3.8, 4) is 0 Å². The number of carbonyl (C=O) groups is 1. The quantitative estimate of drug-likeness (QED) is 0.392. The fourth-order valence-corrected chi connectivity index (χ4v) is 1.53. The van der Waals surface area contributed by atoms with Crippen LogP contribution in [-0.4, -0.2) is 23.3 Å². The van der Waals surface area contributed by atoms with Crippen LogP contribution in [0.25, 0.3) is 0 Å². The lowest BCUT2D eigenvalue weighted by atomic mass is 10.1. The normalized spacial score (nSPS) is 10.6. The highest BCUT2D eigenvalue weighted by atomic mass is 35.5. The van der Waals surface area contributed by atoms with Crippen LogP contribution in [0.2, 0.25) is 5.02 Å². The second-order valence-corrected chi connectivity index (χ2v) is 4.00. The summed E-state index contributed by atoms with van der Waals surface area (Å²) in [4.78, 5) is 21.9. The maximum absolute atomic E-state index is 11.7. The van der Waals surface area contributed by atoms with Crippen molar-refractivity contribution in [2.24, 2.45) is 0 Å². The Morgan fingerprint density at radius 1 is 1.44 bits per heavy atom. The van der Waals surface area contributed by atoms with Crippen molar-refractivity contribution in [1.82, 2.24) is 5.32 Å². The number of halogens is 2. The zero-order valence-electron chi connectivity index (χ0n) is 9.23. The van der Waals surface area contributed by atoms with Crippen molar-refractivity contribution in [3.63, 3.8) is 0 Å². The molecule has 7 heteroatoms. The molecule has 0 atom stereocenters. The van der Waals surface area contributed by atoms with E-state index in [0.29, 0.717) is 5.88 Å². The van der Waals surface area contributed by atoms with Gasteiger partial charge in [-0.15, -0.1) is 11.6 Å². The van der Waals surface area contributed by atoms with Crippen molar-refractivity contribution >= 4 is 34.8 Å². The van der Waals surface area contributed by atoms with Gasteiger partial charge in [0.2, 0.25) is 0 Å². The predicted octanol–water partition coefficient (Wildman–Crippen LogP) is 2.77. The van der Waals surface area contributed by atoms with Gasteiger partial charge in [-0.3, -0.25) is 14.9 Å². The molecule has 1 aromatic carbocycles. The van der Waals surface area contributed by atoms with Crippen molar-refractivity contribution in [3.05, 3.63) is 51.1 Å². The van der Waals surface area contributed by atoms with Crippen LogP contribution in [0.5, 0.6) is 0 Å². The number of rotatable bonds is 5. The van der Waals surface area contributed by atoms with E-state index in [1.54, 1.807) is 12.2 Å². The van der Waals surface area contributed by atoms with Crippen LogP contribution in [-0.2, 0) is 0 Å². The first-order valence-corrected chi connectivity index (χ1v) is 5.90. The third-order valence-electron chi connectivity index (χ3n) is 2.04. The molecule has 0 fully saturated rings. The zero-order valence-corrected chi connectivity index (χ0v) is 10.7. The van der Waals surface area contributed by atoms with Gasteiger partial charge < -0.3 is 5.32 Å². The Hall–Kier alpha value is -1.59. The lowest BCUT2D eigenvalue weighted by Crippen LogP contribution is -2.24. The first kappa shape index (κ1) is 14.5. The summed E-state index contributed by atoms with van der Waals surface area (Å²) in [6, 6.07) is 3.89. The average molecular weight is 289 g/mol. The molecule has 0 aliphatic rings. The van der Waals surface area contributed by atoms with Gasteiger partial charge in [0, 0.05) is 23.5 Å². The standard InChI is InChI=1S/C11H10Cl2N2O3/c12-5-1-2-6-14-11(16)9-4-3-8(13)7-10(9)15(17)18/h1-4,7H,5-6H2,(H,14,16)/b2-1+. The molecule has 0 saturated heterocycles. The molecular formula is C11H10Cl2N2O3. The molecule has 0 bridgehead atoms. The van der Waals surface area contributed by atoms with E-state index in [4.69, 9.17) is 23.2 Å². The van der Waals surface area contributed by atoms with E-state index in [0.717, 1.165) is 6.07 Å². The number of nitro benzene ring substituents is 1. The Kier molecular flexibility index (Phi) is 5.61. The number of nitro groups is 1. The number of hydrogen-bond acceptors (Lipinski definition) is 3. The molecule has 0 unspecified atom stereocenters. The Labute approximate surface area is 114 Å². The fourth-order valence-electron chi connectivity index (χ4n) is 1.24. The number of hydrogen-bond donors (Lipinski definition) is 1. The van der Waals surface area contributed by atoms with E-state index >= 15 is 0 Å². The fraction of sp³-hybridized carbons (Fsp3) is 0.182. The van der Waals surface area contributed by atoms with E-state index in [-0.39, 0.29) is 22.8 Å². The second kappa shape index (κ2) is 6.98. The molecule has 0 aliphatic carbocycles. The molecule has 5 nitrogen and oxygen atoms in total. The Bertz CT molecular complexity index is 489. The maximum atomic E-state index is 11.7. The summed E-state index contributed by atoms with van der Waals surface area (Å²) in [5.41, 5.74) is -0.343. The van der Waals surface area contributed by atoms with E-state index in [9.17, 15) is 14.9 Å². The van der Waals surface area contributed by atoms with Gasteiger partial charge in [0.05, 0.1) is 4.92 Å². The lowest BCUT2D eigenvalue weighted by Gasteiger charge is -2.03. The van der Waals surface area contributed by atoms with Crippen LogP contribution in [0, 0.1) is 10.1 Å². The van der Waals surface area contributed by atoms with E-state index in [2.05, 4.69) is 5.32 Å². The number of nitrogens with one attached hydrogen (secondary N) is 1. The highest BCUT2D eigenvalue weighted by molar-refractivity contribution is 6.31. The van der Waals surface area contributed by atoms with Crippen LogP contribution >= 0.6 is 23.2 Å². The molecule has 96 valence electrons. The summed E-state index contributed by atoms with van der Waals surface area (Å²) in [5.74, 6) is -0.186. The largest absolute Gasteiger partial charge is 0.348 e.